The lowest BCUT2D eigenvalue weighted by Gasteiger charge is -2.30. The monoisotopic (exact) mass is 326 g/mol. The molecule has 0 aliphatic carbocycles. The van der Waals surface area contributed by atoms with E-state index in [4.69, 9.17) is 4.74 Å². The van der Waals surface area contributed by atoms with Gasteiger partial charge in [0.2, 0.25) is 0 Å². The van der Waals surface area contributed by atoms with E-state index in [1.807, 2.05) is 20.8 Å². The van der Waals surface area contributed by atoms with Crippen LogP contribution in [-0.2, 0) is 4.74 Å². The van der Waals surface area contributed by atoms with Gasteiger partial charge in [0.25, 0.3) is 0 Å². The van der Waals surface area contributed by atoms with Crippen LogP contribution in [0.2, 0.25) is 0 Å². The number of piperazine rings is 1. The van der Waals surface area contributed by atoms with Gasteiger partial charge in [0.15, 0.2) is 0 Å². The third-order valence-corrected chi connectivity index (χ3v) is 2.50. The second-order valence-electron chi connectivity index (χ2n) is 6.22. The van der Waals surface area contributed by atoms with E-state index in [0.29, 0.717) is 0 Å². The van der Waals surface area contributed by atoms with Crippen molar-refractivity contribution in [2.75, 3.05) is 26.2 Å². The van der Waals surface area contributed by atoms with Crippen molar-refractivity contribution in [3.8, 4) is 0 Å². The minimum atomic E-state index is -0.387. The molecule has 23 heavy (non-hydrogen) atoms. The maximum absolute atomic E-state index is 11.9. The summed E-state index contributed by atoms with van der Waals surface area (Å²) in [6.07, 6.45) is 1.05. The van der Waals surface area contributed by atoms with Crippen LogP contribution in [0.25, 0.3) is 0 Å². The van der Waals surface area contributed by atoms with Crippen molar-refractivity contribution in [1.29, 1.82) is 0 Å². The Morgan fingerprint density at radius 2 is 1.65 bits per heavy atom. The van der Waals surface area contributed by atoms with Gasteiger partial charge in [-0.2, -0.15) is 0 Å². The number of rotatable bonds is 0. The van der Waals surface area contributed by atoms with Crippen LogP contribution in [0.4, 0.5) is 9.18 Å². The third-order valence-electron chi connectivity index (χ3n) is 2.50. The first-order valence-corrected chi connectivity index (χ1v) is 8.19. The van der Waals surface area contributed by atoms with Crippen molar-refractivity contribution >= 4 is 6.09 Å². The summed E-state index contributed by atoms with van der Waals surface area (Å²) in [4.78, 5) is 13.2. The molecule has 5 heteroatoms. The molecule has 1 aliphatic rings. The van der Waals surface area contributed by atoms with Gasteiger partial charge in [-0.25, -0.2) is 9.18 Å². The molecule has 1 aromatic carbocycles. The van der Waals surface area contributed by atoms with Crippen LogP contribution in [0.3, 0.4) is 0 Å². The Bertz CT molecular complexity index is 413. The Morgan fingerprint density at radius 1 is 1.17 bits per heavy atom. The molecule has 1 N–H and O–H groups in total. The zero-order valence-corrected chi connectivity index (χ0v) is 15.1. The summed E-state index contributed by atoms with van der Waals surface area (Å²) in [5.74, 6) is -0.178. The van der Waals surface area contributed by atoms with Gasteiger partial charge in [0.05, 0.1) is 0 Å². The predicted molar refractivity (Wildman–Crippen MR) is 93.0 cm³/mol. The summed E-state index contributed by atoms with van der Waals surface area (Å²) in [6, 6.07) is 7.94. The summed E-state index contributed by atoms with van der Waals surface area (Å²) in [5.41, 5.74) is -0.387. The number of ether oxygens (including phenoxy) is 1. The molecule has 1 aromatic rings. The summed E-state index contributed by atoms with van der Waals surface area (Å²) in [6.45, 7) is 13.1. The first-order valence-electron chi connectivity index (χ1n) is 8.19. The molecule has 1 heterocycles. The number of halogens is 1. The molecule has 0 spiro atoms. The molecular weight excluding hydrogens is 295 g/mol. The highest BCUT2D eigenvalue weighted by atomic mass is 19.1. The molecule has 132 valence electrons. The smallest absolute Gasteiger partial charge is 0.410 e. The second kappa shape index (κ2) is 11.9. The number of carbonyl (C=O) groups excluding carboxylic acids is 1. The minimum absolute atomic E-state index is 0.178. The number of carbonyl (C=O) groups is 1. The van der Waals surface area contributed by atoms with Gasteiger partial charge in [-0.05, 0) is 32.9 Å². The zero-order valence-electron chi connectivity index (χ0n) is 15.1. The maximum Gasteiger partial charge on any atom is 0.410 e. The van der Waals surface area contributed by atoms with E-state index >= 15 is 0 Å². The molecule has 4 nitrogen and oxygen atoms in total. The van der Waals surface area contributed by atoms with Gasteiger partial charge >= 0.3 is 6.09 Å². The van der Waals surface area contributed by atoms with Crippen LogP contribution in [-0.4, -0.2) is 42.8 Å². The maximum atomic E-state index is 11.9. The fraction of sp³-hybridized carbons (Fsp3) is 0.611. The van der Waals surface area contributed by atoms with E-state index in [-0.39, 0.29) is 17.5 Å². The molecule has 1 fully saturated rings. The largest absolute Gasteiger partial charge is 0.444 e. The molecule has 0 unspecified atom stereocenters. The molecule has 1 saturated heterocycles. The average Bonchev–Trinajstić information content (AvgIpc) is 2.49. The van der Waals surface area contributed by atoms with Crippen LogP contribution in [0.1, 0.15) is 41.0 Å². The molecule has 0 bridgehead atoms. The van der Waals surface area contributed by atoms with E-state index in [2.05, 4.69) is 19.2 Å². The SMILES string of the molecule is CC(C)(C)OC(=O)N1CCNCC1.CCC.Fc1ccccc1. The topological polar surface area (TPSA) is 41.6 Å². The van der Waals surface area contributed by atoms with Crippen LogP contribution >= 0.6 is 0 Å². The van der Waals surface area contributed by atoms with Gasteiger partial charge < -0.3 is 15.0 Å². The van der Waals surface area contributed by atoms with Crippen molar-refractivity contribution in [3.63, 3.8) is 0 Å². The number of hydrogen-bond donors (Lipinski definition) is 1. The summed E-state index contributed by atoms with van der Waals surface area (Å²) in [7, 11) is 0. The number of nitrogens with zero attached hydrogens (tertiary/aromatic N) is 1. The first kappa shape index (κ1) is 21.4. The van der Waals surface area contributed by atoms with Crippen molar-refractivity contribution in [2.24, 2.45) is 0 Å². The van der Waals surface area contributed by atoms with Crippen molar-refractivity contribution in [2.45, 2.75) is 46.6 Å². The Kier molecular flexibility index (Phi) is 11.0. The van der Waals surface area contributed by atoms with Crippen molar-refractivity contribution < 1.29 is 13.9 Å². The van der Waals surface area contributed by atoms with Gasteiger partial charge in [-0.1, -0.05) is 38.5 Å². The second-order valence-corrected chi connectivity index (χ2v) is 6.22. The molecule has 0 saturated carbocycles. The number of benzene rings is 1. The highest BCUT2D eigenvalue weighted by molar-refractivity contribution is 5.68. The standard InChI is InChI=1S/C9H18N2O2.C6H5F.C3H8/c1-9(2,3)13-8(12)11-6-4-10-5-7-11;7-6-4-2-1-3-5-6;1-3-2/h10H,4-7H2,1-3H3;1-5H;3H2,1-2H3. The Balaban J connectivity index is 0.000000404. The van der Waals surface area contributed by atoms with Crippen molar-refractivity contribution in [3.05, 3.63) is 36.1 Å². The molecular formula is C18H31FN2O2. The van der Waals surface area contributed by atoms with Crippen molar-refractivity contribution in [1.82, 2.24) is 10.2 Å². The quantitative estimate of drug-likeness (QED) is 0.781. The minimum Gasteiger partial charge on any atom is -0.444 e. The first-order chi connectivity index (χ1) is 10.8. The number of hydrogen-bond acceptors (Lipinski definition) is 3. The highest BCUT2D eigenvalue weighted by Crippen LogP contribution is 2.09. The Labute approximate surface area is 140 Å². The Hall–Kier alpha value is -1.62. The van der Waals surface area contributed by atoms with E-state index in [1.165, 1.54) is 18.6 Å². The number of nitrogens with one attached hydrogen (secondary N) is 1. The zero-order chi connectivity index (χ0) is 17.7. The van der Waals surface area contributed by atoms with Gasteiger partial charge in [0, 0.05) is 26.2 Å². The van der Waals surface area contributed by atoms with Gasteiger partial charge in [0.1, 0.15) is 11.4 Å². The summed E-state index contributed by atoms with van der Waals surface area (Å²) >= 11 is 0. The molecule has 1 amide bonds. The van der Waals surface area contributed by atoms with Gasteiger partial charge in [-0.3, -0.25) is 0 Å². The molecule has 0 aromatic heterocycles. The summed E-state index contributed by atoms with van der Waals surface area (Å²) in [5, 5.41) is 3.18. The highest BCUT2D eigenvalue weighted by Gasteiger charge is 2.22. The summed E-state index contributed by atoms with van der Waals surface area (Å²) < 4.78 is 17.1. The van der Waals surface area contributed by atoms with Crippen LogP contribution in [0.15, 0.2) is 30.3 Å². The Morgan fingerprint density at radius 3 is 2.00 bits per heavy atom. The van der Waals surface area contributed by atoms with E-state index in [1.54, 1.807) is 23.1 Å². The lowest BCUT2D eigenvalue weighted by molar-refractivity contribution is 0.0229. The third kappa shape index (κ3) is 12.6. The predicted octanol–water partition coefficient (Wildman–Crippen LogP) is 4.07. The molecule has 0 radical (unpaired) electrons. The lowest BCUT2D eigenvalue weighted by Crippen LogP contribution is -2.48. The fourth-order valence-corrected chi connectivity index (χ4v) is 1.59. The van der Waals surface area contributed by atoms with Gasteiger partial charge in [-0.15, -0.1) is 0 Å². The van der Waals surface area contributed by atoms with E-state index in [9.17, 15) is 9.18 Å². The van der Waals surface area contributed by atoms with Crippen LogP contribution in [0.5, 0.6) is 0 Å². The van der Waals surface area contributed by atoms with Crippen LogP contribution < -0.4 is 5.32 Å². The van der Waals surface area contributed by atoms with E-state index < -0.39 is 0 Å². The molecule has 2 rings (SSSR count). The molecule has 0 atom stereocenters. The average molecular weight is 326 g/mol. The lowest BCUT2D eigenvalue weighted by atomic mass is 10.2. The van der Waals surface area contributed by atoms with Crippen LogP contribution in [0, 0.1) is 5.82 Å². The number of amides is 1. The molecule has 1 aliphatic heterocycles. The fourth-order valence-electron chi connectivity index (χ4n) is 1.59. The normalized spacial score (nSPS) is 13.9. The van der Waals surface area contributed by atoms with E-state index in [0.717, 1.165) is 26.2 Å².